The zero-order valence-corrected chi connectivity index (χ0v) is 18.9. The third-order valence-corrected chi connectivity index (χ3v) is 7.88. The monoisotopic (exact) mass is 415 g/mol. The number of rotatable bonds is 8. The number of hydrogen-bond acceptors (Lipinski definition) is 3. The van der Waals surface area contributed by atoms with Gasteiger partial charge in [-0.25, -0.2) is 8.42 Å². The first-order valence-electron chi connectivity index (χ1n) is 10.7. The van der Waals surface area contributed by atoms with Crippen LogP contribution in [0, 0.1) is 13.8 Å². The van der Waals surface area contributed by atoms with Crippen molar-refractivity contribution >= 4 is 10.0 Å². The summed E-state index contributed by atoms with van der Waals surface area (Å²) in [6.07, 6.45) is 5.94. The highest BCUT2D eigenvalue weighted by atomic mass is 32.2. The lowest BCUT2D eigenvalue weighted by molar-refractivity contribution is 0.430. The third-order valence-electron chi connectivity index (χ3n) is 6.07. The normalized spacial score (nSPS) is 14.3. The summed E-state index contributed by atoms with van der Waals surface area (Å²) >= 11 is 0. The maximum absolute atomic E-state index is 13.3. The maximum Gasteiger partial charge on any atom is 0.243 e. The van der Waals surface area contributed by atoms with E-state index in [9.17, 15) is 13.5 Å². The van der Waals surface area contributed by atoms with E-state index in [1.54, 1.807) is 16.4 Å². The van der Waals surface area contributed by atoms with Crippen LogP contribution >= 0.6 is 0 Å². The van der Waals surface area contributed by atoms with Crippen LogP contribution in [0.3, 0.4) is 0 Å². The number of sulfonamides is 1. The summed E-state index contributed by atoms with van der Waals surface area (Å²) in [5.74, 6) is 0.373. The fourth-order valence-corrected chi connectivity index (χ4v) is 5.60. The molecule has 1 heterocycles. The summed E-state index contributed by atoms with van der Waals surface area (Å²) in [5.41, 5.74) is 6.20. The molecule has 0 fully saturated rings. The highest BCUT2D eigenvalue weighted by molar-refractivity contribution is 7.89. The Hall–Kier alpha value is -1.85. The van der Waals surface area contributed by atoms with Crippen LogP contribution in [-0.2, 0) is 36.0 Å². The second-order valence-corrected chi connectivity index (χ2v) is 10.1. The molecular formula is C24H33NO3S. The quantitative estimate of drug-likeness (QED) is 0.628. The summed E-state index contributed by atoms with van der Waals surface area (Å²) in [6, 6.07) is 7.04. The zero-order chi connectivity index (χ0) is 21.2. The molecule has 0 bridgehead atoms. The maximum atomic E-state index is 13.3. The van der Waals surface area contributed by atoms with Gasteiger partial charge in [0.2, 0.25) is 10.0 Å². The second kappa shape index (κ2) is 8.88. The molecule has 4 nitrogen and oxygen atoms in total. The molecule has 0 saturated heterocycles. The molecule has 0 amide bonds. The van der Waals surface area contributed by atoms with E-state index >= 15 is 0 Å². The molecule has 1 aliphatic rings. The van der Waals surface area contributed by atoms with Gasteiger partial charge in [-0.05, 0) is 79.5 Å². The number of phenolic OH excluding ortho intramolecular Hbond substituents is 1. The molecule has 158 valence electrons. The van der Waals surface area contributed by atoms with Crippen LogP contribution in [0.15, 0.2) is 29.2 Å². The lowest BCUT2D eigenvalue weighted by Crippen LogP contribution is -2.25. The van der Waals surface area contributed by atoms with E-state index in [2.05, 4.69) is 13.8 Å². The molecule has 1 N–H and O–H groups in total. The van der Waals surface area contributed by atoms with Gasteiger partial charge in [0.1, 0.15) is 5.75 Å². The Kier molecular flexibility index (Phi) is 6.69. The van der Waals surface area contributed by atoms with E-state index in [0.29, 0.717) is 23.7 Å². The molecule has 5 heteroatoms. The van der Waals surface area contributed by atoms with Crippen LogP contribution in [0.1, 0.15) is 72.9 Å². The lowest BCUT2D eigenvalue weighted by atomic mass is 9.87. The standard InChI is InChI=1S/C24H33NO3S/c1-5-7-9-20-21(10-8-6-2)24(26)18(4)22-15-25(16-23(20)22)29(27,28)19-13-11-17(3)12-14-19/h11-14,26H,5-10,15-16H2,1-4H3. The van der Waals surface area contributed by atoms with Crippen LogP contribution in [0.2, 0.25) is 0 Å². The molecule has 29 heavy (non-hydrogen) atoms. The van der Waals surface area contributed by atoms with E-state index < -0.39 is 10.0 Å². The molecule has 2 aromatic rings. The Labute approximate surface area is 175 Å². The van der Waals surface area contributed by atoms with Gasteiger partial charge in [-0.3, -0.25) is 0 Å². The smallest absolute Gasteiger partial charge is 0.243 e. The highest BCUT2D eigenvalue weighted by Crippen LogP contribution is 2.41. The van der Waals surface area contributed by atoms with Crippen molar-refractivity contribution in [2.75, 3.05) is 0 Å². The first-order valence-corrected chi connectivity index (χ1v) is 12.2. The minimum Gasteiger partial charge on any atom is -0.507 e. The number of fused-ring (bicyclic) bond motifs is 1. The van der Waals surface area contributed by atoms with Crippen molar-refractivity contribution in [2.45, 2.75) is 84.2 Å². The average Bonchev–Trinajstić information content (AvgIpc) is 3.15. The zero-order valence-electron chi connectivity index (χ0n) is 18.1. The first kappa shape index (κ1) is 21.8. The predicted molar refractivity (Wildman–Crippen MR) is 118 cm³/mol. The van der Waals surface area contributed by atoms with Gasteiger partial charge in [0, 0.05) is 13.1 Å². The summed E-state index contributed by atoms with van der Waals surface area (Å²) < 4.78 is 28.1. The highest BCUT2D eigenvalue weighted by Gasteiger charge is 2.34. The Balaban J connectivity index is 2.04. The van der Waals surface area contributed by atoms with Crippen molar-refractivity contribution in [1.82, 2.24) is 4.31 Å². The molecule has 1 aliphatic heterocycles. The van der Waals surface area contributed by atoms with E-state index in [0.717, 1.165) is 66.3 Å². The minimum absolute atomic E-state index is 0.331. The molecule has 0 aliphatic carbocycles. The fourth-order valence-electron chi connectivity index (χ4n) is 4.22. The molecule has 0 atom stereocenters. The summed E-state index contributed by atoms with van der Waals surface area (Å²) in [5, 5.41) is 10.9. The van der Waals surface area contributed by atoms with Gasteiger partial charge in [0.25, 0.3) is 0 Å². The second-order valence-electron chi connectivity index (χ2n) is 8.18. The number of nitrogens with zero attached hydrogens (tertiary/aromatic N) is 1. The molecule has 3 rings (SSSR count). The molecule has 0 saturated carbocycles. The topological polar surface area (TPSA) is 57.6 Å². The molecule has 0 spiro atoms. The molecular weight excluding hydrogens is 382 g/mol. The van der Waals surface area contributed by atoms with Crippen molar-refractivity contribution in [3.8, 4) is 5.75 Å². The summed E-state index contributed by atoms with van der Waals surface area (Å²) in [4.78, 5) is 0.332. The first-order chi connectivity index (χ1) is 13.8. The van der Waals surface area contributed by atoms with E-state index in [-0.39, 0.29) is 0 Å². The van der Waals surface area contributed by atoms with E-state index in [1.807, 2.05) is 26.0 Å². The molecule has 0 aromatic heterocycles. The van der Waals surface area contributed by atoms with Gasteiger partial charge in [-0.2, -0.15) is 4.31 Å². The fraction of sp³-hybridized carbons (Fsp3) is 0.500. The Morgan fingerprint density at radius 3 is 2.03 bits per heavy atom. The summed E-state index contributed by atoms with van der Waals surface area (Å²) in [6.45, 7) is 8.91. The van der Waals surface area contributed by atoms with Gasteiger partial charge in [-0.15, -0.1) is 0 Å². The number of phenols is 1. The van der Waals surface area contributed by atoms with Crippen molar-refractivity contribution in [3.05, 3.63) is 57.6 Å². The SMILES string of the molecule is CCCCc1c(O)c(C)c2c(c1CCCC)CN(S(=O)(=O)c1ccc(C)cc1)C2. The van der Waals surface area contributed by atoms with Gasteiger partial charge in [0.15, 0.2) is 0 Å². The predicted octanol–water partition coefficient (Wildman–Crippen LogP) is 5.40. The number of benzene rings is 2. The van der Waals surface area contributed by atoms with Gasteiger partial charge < -0.3 is 5.11 Å². The molecule has 0 radical (unpaired) electrons. The Morgan fingerprint density at radius 1 is 0.897 bits per heavy atom. The van der Waals surface area contributed by atoms with Crippen LogP contribution in [0.25, 0.3) is 0 Å². The van der Waals surface area contributed by atoms with E-state index in [1.165, 1.54) is 5.56 Å². The van der Waals surface area contributed by atoms with Crippen molar-refractivity contribution in [1.29, 1.82) is 0 Å². The van der Waals surface area contributed by atoms with Crippen LogP contribution in [0.4, 0.5) is 0 Å². The summed E-state index contributed by atoms with van der Waals surface area (Å²) in [7, 11) is -3.57. The van der Waals surface area contributed by atoms with Crippen molar-refractivity contribution < 1.29 is 13.5 Å². The Morgan fingerprint density at radius 2 is 1.45 bits per heavy atom. The third kappa shape index (κ3) is 4.22. The van der Waals surface area contributed by atoms with Crippen LogP contribution in [0.5, 0.6) is 5.75 Å². The van der Waals surface area contributed by atoms with Gasteiger partial charge in [-0.1, -0.05) is 44.4 Å². The average molecular weight is 416 g/mol. The largest absolute Gasteiger partial charge is 0.507 e. The molecule has 0 unspecified atom stereocenters. The van der Waals surface area contributed by atoms with Crippen LogP contribution in [-0.4, -0.2) is 17.8 Å². The minimum atomic E-state index is -3.57. The van der Waals surface area contributed by atoms with Gasteiger partial charge in [0.05, 0.1) is 4.90 Å². The van der Waals surface area contributed by atoms with Gasteiger partial charge >= 0.3 is 0 Å². The number of hydrogen-bond donors (Lipinski definition) is 1. The van der Waals surface area contributed by atoms with Crippen molar-refractivity contribution in [2.24, 2.45) is 0 Å². The molecule has 2 aromatic carbocycles. The van der Waals surface area contributed by atoms with E-state index in [4.69, 9.17) is 0 Å². The lowest BCUT2D eigenvalue weighted by Gasteiger charge is -2.19. The number of aryl methyl sites for hydroxylation is 1. The van der Waals surface area contributed by atoms with Crippen LogP contribution < -0.4 is 0 Å². The van der Waals surface area contributed by atoms with Crippen molar-refractivity contribution in [3.63, 3.8) is 0 Å². The Bertz CT molecular complexity index is 978. The number of aromatic hydroxyl groups is 1. The number of unbranched alkanes of at least 4 members (excludes halogenated alkanes) is 2.